The zero-order valence-corrected chi connectivity index (χ0v) is 17.2. The van der Waals surface area contributed by atoms with Crippen LogP contribution < -0.4 is 14.1 Å². The Hall–Kier alpha value is -2.54. The average molecular weight is 400 g/mol. The van der Waals surface area contributed by atoms with E-state index in [0.29, 0.717) is 25.2 Å². The molecule has 4 rings (SSSR count). The summed E-state index contributed by atoms with van der Waals surface area (Å²) in [6.07, 6.45) is 0.675. The van der Waals surface area contributed by atoms with E-state index >= 15 is 0 Å². The summed E-state index contributed by atoms with van der Waals surface area (Å²) in [7, 11) is -1.71. The van der Waals surface area contributed by atoms with Gasteiger partial charge in [-0.05, 0) is 48.2 Å². The highest BCUT2D eigenvalue weighted by molar-refractivity contribution is 7.92. The molecule has 2 heterocycles. The number of carbonyl (C=O) groups excluding carboxylic acids is 1. The van der Waals surface area contributed by atoms with Crippen molar-refractivity contribution in [2.75, 3.05) is 40.8 Å². The molecule has 2 aromatic rings. The first-order valence-electron chi connectivity index (χ1n) is 9.53. The highest BCUT2D eigenvalue weighted by Crippen LogP contribution is 2.37. The minimum atomic E-state index is -3.71. The molecule has 0 bridgehead atoms. The van der Waals surface area contributed by atoms with Gasteiger partial charge in [-0.1, -0.05) is 19.1 Å². The Bertz CT molecular complexity index is 1030. The molecule has 7 heteroatoms. The molecule has 0 saturated carbocycles. The second-order valence-corrected chi connectivity index (χ2v) is 9.58. The van der Waals surface area contributed by atoms with E-state index in [9.17, 15) is 13.2 Å². The van der Waals surface area contributed by atoms with Gasteiger partial charge < -0.3 is 9.80 Å². The van der Waals surface area contributed by atoms with Gasteiger partial charge in [0, 0.05) is 39.3 Å². The Morgan fingerprint density at radius 3 is 2.46 bits per heavy atom. The SMILES string of the molecule is CC(=O)N1CCc2cc(S(=O)(=O)N3CC(C)CN(C)c4ccccc43)ccc21. The van der Waals surface area contributed by atoms with Crippen LogP contribution in [0.25, 0.3) is 0 Å². The predicted octanol–water partition coefficient (Wildman–Crippen LogP) is 2.88. The molecule has 2 aliphatic rings. The molecular formula is C21H25N3O3S. The number of hydrogen-bond donors (Lipinski definition) is 0. The van der Waals surface area contributed by atoms with Crippen LogP contribution in [0.2, 0.25) is 0 Å². The molecule has 0 N–H and O–H groups in total. The van der Waals surface area contributed by atoms with Crippen molar-refractivity contribution in [1.82, 2.24) is 0 Å². The van der Waals surface area contributed by atoms with Gasteiger partial charge in [0.1, 0.15) is 0 Å². The summed E-state index contributed by atoms with van der Waals surface area (Å²) < 4.78 is 28.7. The first kappa shape index (κ1) is 18.8. The molecule has 1 atom stereocenters. The lowest BCUT2D eigenvalue weighted by Crippen LogP contribution is -2.35. The topological polar surface area (TPSA) is 60.9 Å². The van der Waals surface area contributed by atoms with Crippen LogP contribution in [0.1, 0.15) is 19.4 Å². The summed E-state index contributed by atoms with van der Waals surface area (Å²) in [5, 5.41) is 0. The van der Waals surface area contributed by atoms with Crippen molar-refractivity contribution >= 4 is 33.0 Å². The number of sulfonamides is 1. The number of anilines is 3. The fraction of sp³-hybridized carbons (Fsp3) is 0.381. The lowest BCUT2D eigenvalue weighted by atomic mass is 10.2. The number of rotatable bonds is 2. The van der Waals surface area contributed by atoms with Crippen LogP contribution in [0, 0.1) is 5.92 Å². The van der Waals surface area contributed by atoms with Crippen LogP contribution in [-0.4, -0.2) is 41.0 Å². The molecule has 0 aliphatic carbocycles. The van der Waals surface area contributed by atoms with Crippen molar-refractivity contribution in [3.05, 3.63) is 48.0 Å². The largest absolute Gasteiger partial charge is 0.373 e. The first-order valence-corrected chi connectivity index (χ1v) is 11.0. The summed E-state index contributed by atoms with van der Waals surface area (Å²) in [6.45, 7) is 5.42. The van der Waals surface area contributed by atoms with Crippen molar-refractivity contribution in [2.24, 2.45) is 5.92 Å². The third kappa shape index (κ3) is 3.03. The van der Waals surface area contributed by atoms with E-state index in [1.54, 1.807) is 23.1 Å². The number of hydrogen-bond acceptors (Lipinski definition) is 4. The second-order valence-electron chi connectivity index (χ2n) is 7.72. The van der Waals surface area contributed by atoms with Gasteiger partial charge in [0.25, 0.3) is 10.0 Å². The summed E-state index contributed by atoms with van der Waals surface area (Å²) in [6, 6.07) is 12.7. The zero-order chi connectivity index (χ0) is 20.1. The Morgan fingerprint density at radius 2 is 1.75 bits per heavy atom. The third-order valence-corrected chi connectivity index (χ3v) is 7.32. The van der Waals surface area contributed by atoms with Gasteiger partial charge in [0.2, 0.25) is 5.91 Å². The Balaban J connectivity index is 1.78. The number of para-hydroxylation sites is 2. The maximum atomic E-state index is 13.6. The van der Waals surface area contributed by atoms with E-state index in [4.69, 9.17) is 0 Å². The smallest absolute Gasteiger partial charge is 0.264 e. The molecule has 2 aliphatic heterocycles. The van der Waals surface area contributed by atoms with E-state index in [2.05, 4.69) is 11.8 Å². The van der Waals surface area contributed by atoms with E-state index in [-0.39, 0.29) is 16.7 Å². The standard InChI is InChI=1S/C21H25N3O3S/c1-15-13-22(3)20-6-4-5-7-21(20)24(14-15)28(26,27)18-8-9-19-17(12-18)10-11-23(19)16(2)25/h4-9,12,15H,10-11,13-14H2,1-3H3. The molecular weight excluding hydrogens is 374 g/mol. The summed E-state index contributed by atoms with van der Waals surface area (Å²) in [5.41, 5.74) is 3.35. The maximum absolute atomic E-state index is 13.6. The Kier molecular flexibility index (Phi) is 4.57. The van der Waals surface area contributed by atoms with Gasteiger partial charge in [-0.3, -0.25) is 9.10 Å². The van der Waals surface area contributed by atoms with Crippen LogP contribution >= 0.6 is 0 Å². The molecule has 148 valence electrons. The number of carbonyl (C=O) groups is 1. The average Bonchev–Trinajstić information content (AvgIpc) is 3.04. The van der Waals surface area contributed by atoms with Crippen molar-refractivity contribution in [2.45, 2.75) is 25.2 Å². The van der Waals surface area contributed by atoms with E-state index < -0.39 is 10.0 Å². The normalized spacial score (nSPS) is 19.2. The van der Waals surface area contributed by atoms with Crippen LogP contribution in [0.5, 0.6) is 0 Å². The van der Waals surface area contributed by atoms with Gasteiger partial charge in [-0.25, -0.2) is 8.42 Å². The lowest BCUT2D eigenvalue weighted by Gasteiger charge is -2.26. The number of benzene rings is 2. The lowest BCUT2D eigenvalue weighted by molar-refractivity contribution is -0.116. The minimum Gasteiger partial charge on any atom is -0.373 e. The Morgan fingerprint density at radius 1 is 1.04 bits per heavy atom. The maximum Gasteiger partial charge on any atom is 0.264 e. The summed E-state index contributed by atoms with van der Waals surface area (Å²) in [4.78, 5) is 15.9. The Labute approximate surface area is 166 Å². The monoisotopic (exact) mass is 399 g/mol. The summed E-state index contributed by atoms with van der Waals surface area (Å²) in [5.74, 6) is 0.169. The predicted molar refractivity (Wildman–Crippen MR) is 112 cm³/mol. The molecule has 0 saturated heterocycles. The number of amides is 1. The zero-order valence-electron chi connectivity index (χ0n) is 16.4. The molecule has 2 aromatic carbocycles. The second kappa shape index (κ2) is 6.81. The van der Waals surface area contributed by atoms with Gasteiger partial charge in [-0.15, -0.1) is 0 Å². The fourth-order valence-corrected chi connectivity index (χ4v) is 5.87. The molecule has 0 spiro atoms. The van der Waals surface area contributed by atoms with Gasteiger partial charge >= 0.3 is 0 Å². The molecule has 0 fully saturated rings. The first-order chi connectivity index (χ1) is 13.3. The number of nitrogens with zero attached hydrogens (tertiary/aromatic N) is 3. The molecule has 28 heavy (non-hydrogen) atoms. The number of fused-ring (bicyclic) bond motifs is 2. The van der Waals surface area contributed by atoms with Crippen molar-refractivity contribution in [3.8, 4) is 0 Å². The fourth-order valence-electron chi connectivity index (χ4n) is 4.22. The van der Waals surface area contributed by atoms with E-state index in [1.807, 2.05) is 31.3 Å². The van der Waals surface area contributed by atoms with Gasteiger partial charge in [0.15, 0.2) is 0 Å². The molecule has 1 unspecified atom stereocenters. The van der Waals surface area contributed by atoms with Crippen LogP contribution in [0.4, 0.5) is 17.1 Å². The van der Waals surface area contributed by atoms with Crippen LogP contribution in [0.15, 0.2) is 47.4 Å². The van der Waals surface area contributed by atoms with Crippen molar-refractivity contribution < 1.29 is 13.2 Å². The van der Waals surface area contributed by atoms with Crippen LogP contribution in [-0.2, 0) is 21.2 Å². The summed E-state index contributed by atoms with van der Waals surface area (Å²) >= 11 is 0. The highest BCUT2D eigenvalue weighted by Gasteiger charge is 2.33. The van der Waals surface area contributed by atoms with E-state index in [0.717, 1.165) is 23.5 Å². The highest BCUT2D eigenvalue weighted by atomic mass is 32.2. The van der Waals surface area contributed by atoms with Gasteiger partial charge in [-0.2, -0.15) is 0 Å². The molecule has 1 amide bonds. The molecule has 6 nitrogen and oxygen atoms in total. The molecule has 0 radical (unpaired) electrons. The van der Waals surface area contributed by atoms with Crippen LogP contribution in [0.3, 0.4) is 0 Å². The van der Waals surface area contributed by atoms with Crippen molar-refractivity contribution in [1.29, 1.82) is 0 Å². The molecule has 0 aromatic heterocycles. The quantitative estimate of drug-likeness (QED) is 0.779. The van der Waals surface area contributed by atoms with Crippen molar-refractivity contribution in [3.63, 3.8) is 0 Å². The third-order valence-electron chi connectivity index (χ3n) is 5.54. The minimum absolute atomic E-state index is 0.0207. The van der Waals surface area contributed by atoms with E-state index in [1.165, 1.54) is 11.2 Å². The van der Waals surface area contributed by atoms with Gasteiger partial charge in [0.05, 0.1) is 16.3 Å².